The number of benzene rings is 3. The Kier molecular flexibility index (Phi) is 12.3. The van der Waals surface area contributed by atoms with Crippen molar-refractivity contribution < 1.29 is 38.3 Å². The average Bonchev–Trinajstić information content (AvgIpc) is 3.85. The summed E-state index contributed by atoms with van der Waals surface area (Å²) in [5.41, 5.74) is 2.00. The Labute approximate surface area is 343 Å². The molecule has 15 nitrogen and oxygen atoms in total. The van der Waals surface area contributed by atoms with E-state index in [1.165, 1.54) is 12.1 Å². The van der Waals surface area contributed by atoms with Crippen molar-refractivity contribution in [1.82, 2.24) is 20.3 Å². The third-order valence-corrected chi connectivity index (χ3v) is 14.3. The molecule has 314 valence electrons. The Morgan fingerprint density at radius 2 is 1.83 bits per heavy atom. The summed E-state index contributed by atoms with van der Waals surface area (Å²) in [4.78, 5) is 43.9. The molecule has 1 spiro atoms. The summed E-state index contributed by atoms with van der Waals surface area (Å²) < 4.78 is 30.6. The quantitative estimate of drug-likeness (QED) is 0.0402. The summed E-state index contributed by atoms with van der Waals surface area (Å²) in [7, 11) is -3.51. The summed E-state index contributed by atoms with van der Waals surface area (Å²) in [5, 5.41) is 42.2. The third kappa shape index (κ3) is 8.13. The average molecular weight is 830 g/mol. The fourth-order valence-corrected chi connectivity index (χ4v) is 11.7. The van der Waals surface area contributed by atoms with Crippen LogP contribution in [0, 0.1) is 16.0 Å². The van der Waals surface area contributed by atoms with Crippen LogP contribution in [0.5, 0.6) is 5.75 Å². The van der Waals surface area contributed by atoms with Crippen LogP contribution in [0.4, 0.5) is 26.9 Å². The lowest BCUT2D eigenvalue weighted by Crippen LogP contribution is -2.49. The highest BCUT2D eigenvalue weighted by molar-refractivity contribution is 6.72. The van der Waals surface area contributed by atoms with Gasteiger partial charge in [-0.15, -0.1) is 5.10 Å². The molecule has 5 atom stereocenters. The minimum Gasteiger partial charge on any atom is -0.494 e. The van der Waals surface area contributed by atoms with Gasteiger partial charge < -0.3 is 34.0 Å². The molecule has 3 aliphatic heterocycles. The van der Waals surface area contributed by atoms with Gasteiger partial charge in [-0.3, -0.25) is 29.3 Å². The van der Waals surface area contributed by atoms with E-state index in [4.69, 9.17) is 9.47 Å². The number of nitro groups is 1. The first-order valence-corrected chi connectivity index (χ1v) is 23.3. The highest BCUT2D eigenvalue weighted by Gasteiger charge is 2.67. The van der Waals surface area contributed by atoms with E-state index in [0.717, 1.165) is 23.2 Å². The Balaban J connectivity index is 1.18. The van der Waals surface area contributed by atoms with E-state index in [0.29, 0.717) is 73.8 Å². The maximum absolute atomic E-state index is 16.4. The number of nitrogens with zero attached hydrogens (tertiary/aromatic N) is 6. The van der Waals surface area contributed by atoms with Crippen molar-refractivity contribution in [3.63, 3.8) is 0 Å². The molecule has 0 bridgehead atoms. The molecule has 3 aliphatic rings. The Morgan fingerprint density at radius 3 is 2.53 bits per heavy atom. The molecule has 2 amide bonds. The van der Waals surface area contributed by atoms with Crippen molar-refractivity contribution in [2.24, 2.45) is 5.92 Å². The number of nitrogens with one attached hydrogen (secondary N) is 1. The SMILES string of the molecule is CCOc1ccc2c(c1)CC(NCCCCO)C(=O)N2c1ccc(CN2C(=O)[C@@]3(O[C@@H](CCn4cc(CCO)nn4)[C@H]([Si](C)(C)F)[C@H]3C)c3cc([N+](=O)[O-])ccc32)cc1. The predicted molar refractivity (Wildman–Crippen MR) is 221 cm³/mol. The number of nitro benzene ring substituents is 1. The van der Waals surface area contributed by atoms with Crippen molar-refractivity contribution in [2.45, 2.75) is 95.4 Å². The van der Waals surface area contributed by atoms with Crippen molar-refractivity contribution in [3.05, 3.63) is 99.4 Å². The summed E-state index contributed by atoms with van der Waals surface area (Å²) in [5.74, 6) is -0.469. The van der Waals surface area contributed by atoms with Gasteiger partial charge in [-0.25, -0.2) is 0 Å². The molecule has 4 aromatic rings. The van der Waals surface area contributed by atoms with Crippen molar-refractivity contribution in [1.29, 1.82) is 0 Å². The molecule has 0 aliphatic carbocycles. The lowest BCUT2D eigenvalue weighted by atomic mass is 9.82. The van der Waals surface area contributed by atoms with Crippen LogP contribution in [0.3, 0.4) is 0 Å². The van der Waals surface area contributed by atoms with Crippen LogP contribution in [0.25, 0.3) is 0 Å². The van der Waals surface area contributed by atoms with Gasteiger partial charge in [0.25, 0.3) is 11.6 Å². The molecule has 1 saturated heterocycles. The lowest BCUT2D eigenvalue weighted by molar-refractivity contribution is -0.385. The number of hydrogen-bond acceptors (Lipinski definition) is 11. The second-order valence-electron chi connectivity index (χ2n) is 16.1. The number of amides is 2. The summed E-state index contributed by atoms with van der Waals surface area (Å²) in [6.45, 7) is 8.45. The molecule has 59 heavy (non-hydrogen) atoms. The molecular formula is C42H52FN7O8Si. The Morgan fingerprint density at radius 1 is 1.07 bits per heavy atom. The van der Waals surface area contributed by atoms with Gasteiger partial charge in [-0.1, -0.05) is 24.3 Å². The number of fused-ring (bicyclic) bond motifs is 3. The number of hydrogen-bond donors (Lipinski definition) is 3. The molecule has 1 aromatic heterocycles. The number of ether oxygens (including phenoxy) is 2. The predicted octanol–water partition coefficient (Wildman–Crippen LogP) is 5.48. The molecule has 0 radical (unpaired) electrons. The zero-order valence-electron chi connectivity index (χ0n) is 33.8. The van der Waals surface area contributed by atoms with Gasteiger partial charge in [0.2, 0.25) is 14.3 Å². The van der Waals surface area contributed by atoms with E-state index in [1.807, 2.05) is 56.3 Å². The topological polar surface area (TPSA) is 185 Å². The van der Waals surface area contributed by atoms with Crippen LogP contribution in [0.15, 0.2) is 66.9 Å². The maximum Gasteiger partial charge on any atom is 0.269 e. The normalized spacial score (nSPS) is 22.6. The van der Waals surface area contributed by atoms with Gasteiger partial charge in [0.15, 0.2) is 5.60 Å². The van der Waals surface area contributed by atoms with Crippen LogP contribution in [-0.2, 0) is 45.9 Å². The third-order valence-electron chi connectivity index (χ3n) is 11.8. The summed E-state index contributed by atoms with van der Waals surface area (Å²) in [6.07, 6.45) is 3.53. The first kappa shape index (κ1) is 42.1. The number of aryl methyl sites for hydroxylation is 1. The standard InChI is InChI=1S/C42H52FN7O8Si/c1-5-57-33-13-15-36-29(22-33)23-35(44-18-6-7-20-51)40(53)49(36)31-10-8-28(9-11-31)25-48-37-14-12-32(50(55)56)24-34(37)42(41(48)54)27(2)39(59(3,4)43)38(58-42)16-19-47-26-30(17-21-52)45-46-47/h8-15,22,24,26-27,35,38-39,44,51-52H,5-7,16-21,23,25H2,1-4H3/t27-,35?,38+,39-,42+/m1/s1. The molecule has 7 rings (SSSR count). The number of aliphatic hydroxyl groups is 2. The fraction of sp³-hybridized carbons (Fsp3) is 0.476. The molecule has 3 N–H and O–H groups in total. The van der Waals surface area contributed by atoms with Crippen molar-refractivity contribution in [3.8, 4) is 5.75 Å². The zero-order valence-corrected chi connectivity index (χ0v) is 34.8. The number of aromatic nitrogens is 3. The molecular weight excluding hydrogens is 778 g/mol. The number of non-ortho nitro benzene ring substituents is 1. The highest BCUT2D eigenvalue weighted by atomic mass is 28.4. The minimum absolute atomic E-state index is 0.0728. The van der Waals surface area contributed by atoms with E-state index in [2.05, 4.69) is 15.6 Å². The first-order chi connectivity index (χ1) is 28.3. The number of carbonyl (C=O) groups excluding carboxylic acids is 2. The molecule has 1 unspecified atom stereocenters. The van der Waals surface area contributed by atoms with Gasteiger partial charge in [0.05, 0.1) is 47.3 Å². The molecule has 4 heterocycles. The van der Waals surface area contributed by atoms with Gasteiger partial charge in [-0.2, -0.15) is 0 Å². The minimum atomic E-state index is -3.51. The molecule has 17 heteroatoms. The van der Waals surface area contributed by atoms with Crippen LogP contribution in [0.2, 0.25) is 18.6 Å². The van der Waals surface area contributed by atoms with Crippen molar-refractivity contribution >= 4 is 43.0 Å². The Bertz CT molecular complexity index is 2180. The summed E-state index contributed by atoms with van der Waals surface area (Å²) in [6, 6.07) is 16.9. The molecule has 1 fully saturated rings. The summed E-state index contributed by atoms with van der Waals surface area (Å²) >= 11 is 0. The number of unbranched alkanes of at least 4 members (excludes halogenated alkanes) is 1. The van der Waals surface area contributed by atoms with Crippen LogP contribution in [-0.4, -0.2) is 88.9 Å². The number of halogens is 1. The van der Waals surface area contributed by atoms with Crippen molar-refractivity contribution in [2.75, 3.05) is 36.2 Å². The number of carbonyl (C=O) groups is 2. The van der Waals surface area contributed by atoms with Crippen LogP contribution in [0.1, 0.15) is 55.5 Å². The van der Waals surface area contributed by atoms with Gasteiger partial charge in [-0.05, 0) is 99.8 Å². The number of rotatable bonds is 17. The van der Waals surface area contributed by atoms with Gasteiger partial charge >= 0.3 is 0 Å². The van der Waals surface area contributed by atoms with E-state index in [9.17, 15) is 29.9 Å². The van der Waals surface area contributed by atoms with E-state index in [-0.39, 0.29) is 31.4 Å². The zero-order chi connectivity index (χ0) is 42.1. The fourth-order valence-electron chi connectivity index (χ4n) is 9.17. The second kappa shape index (κ2) is 17.3. The maximum atomic E-state index is 16.4. The van der Waals surface area contributed by atoms with E-state index in [1.54, 1.807) is 39.8 Å². The van der Waals surface area contributed by atoms with Crippen LogP contribution < -0.4 is 19.9 Å². The number of aliphatic hydroxyl groups excluding tert-OH is 2. The van der Waals surface area contributed by atoms with Crippen LogP contribution >= 0.6 is 0 Å². The van der Waals surface area contributed by atoms with E-state index < -0.39 is 48.4 Å². The first-order valence-electron chi connectivity index (χ1n) is 20.3. The molecule has 3 aromatic carbocycles. The molecule has 0 saturated carbocycles. The monoisotopic (exact) mass is 829 g/mol. The second-order valence-corrected chi connectivity index (χ2v) is 19.9. The smallest absolute Gasteiger partial charge is 0.269 e. The number of anilines is 3. The highest BCUT2D eigenvalue weighted by Crippen LogP contribution is 2.60. The largest absolute Gasteiger partial charge is 0.494 e. The Hall–Kier alpha value is -5.07. The van der Waals surface area contributed by atoms with Gasteiger partial charge in [0, 0.05) is 67.2 Å². The van der Waals surface area contributed by atoms with Gasteiger partial charge in [0.1, 0.15) is 5.75 Å². The van der Waals surface area contributed by atoms with E-state index >= 15 is 4.11 Å². The lowest BCUT2D eigenvalue weighted by Gasteiger charge is -2.35.